The Labute approximate surface area is 162 Å². The lowest BCUT2D eigenvalue weighted by Gasteiger charge is -2.13. The molecule has 0 aromatic heterocycles. The third-order valence-corrected chi connectivity index (χ3v) is 3.69. The van der Waals surface area contributed by atoms with Crippen molar-refractivity contribution >= 4 is 29.5 Å². The SMILES string of the molecule is O=C(O)C(=O)N[C@H](Cc1ccc(OC(=O)c2ccc([N+](=O)[O-])cc2)cc1)C(=O)O. The quantitative estimate of drug-likeness (QED) is 0.201. The van der Waals surface area contributed by atoms with Gasteiger partial charge >= 0.3 is 23.8 Å². The summed E-state index contributed by atoms with van der Waals surface area (Å²) in [5, 5.41) is 30.1. The van der Waals surface area contributed by atoms with Crippen LogP contribution in [0, 0.1) is 10.1 Å². The number of esters is 1. The lowest BCUT2D eigenvalue weighted by molar-refractivity contribution is -0.384. The number of nitro groups is 1. The van der Waals surface area contributed by atoms with Crippen molar-refractivity contribution in [3.63, 3.8) is 0 Å². The van der Waals surface area contributed by atoms with Crippen molar-refractivity contribution in [2.45, 2.75) is 12.5 Å². The molecule has 0 fully saturated rings. The summed E-state index contributed by atoms with van der Waals surface area (Å²) in [5.74, 6) is -5.26. The van der Waals surface area contributed by atoms with Crippen molar-refractivity contribution < 1.29 is 39.1 Å². The number of carboxylic acid groups (broad SMARTS) is 2. The van der Waals surface area contributed by atoms with Crippen LogP contribution >= 0.6 is 0 Å². The molecule has 2 rings (SSSR count). The number of nitrogens with zero attached hydrogens (tertiary/aromatic N) is 1. The largest absolute Gasteiger partial charge is 0.480 e. The maximum Gasteiger partial charge on any atom is 0.394 e. The minimum absolute atomic E-state index is 0.0991. The van der Waals surface area contributed by atoms with E-state index in [9.17, 15) is 29.3 Å². The number of rotatable bonds is 7. The van der Waals surface area contributed by atoms with Gasteiger partial charge in [0.25, 0.3) is 5.69 Å². The van der Waals surface area contributed by atoms with E-state index in [4.69, 9.17) is 14.9 Å². The van der Waals surface area contributed by atoms with Gasteiger partial charge in [0.1, 0.15) is 11.8 Å². The Kier molecular flexibility index (Phi) is 6.58. The van der Waals surface area contributed by atoms with Gasteiger partial charge in [-0.15, -0.1) is 0 Å². The molecule has 2 aromatic carbocycles. The van der Waals surface area contributed by atoms with Gasteiger partial charge in [0.05, 0.1) is 10.5 Å². The second-order valence-corrected chi connectivity index (χ2v) is 5.71. The van der Waals surface area contributed by atoms with Crippen LogP contribution < -0.4 is 10.1 Å². The summed E-state index contributed by atoms with van der Waals surface area (Å²) < 4.78 is 5.13. The van der Waals surface area contributed by atoms with Crippen LogP contribution in [0.25, 0.3) is 0 Å². The number of benzene rings is 2. The molecule has 0 aliphatic carbocycles. The molecule has 0 unspecified atom stereocenters. The van der Waals surface area contributed by atoms with E-state index in [0.29, 0.717) is 5.56 Å². The molecular weight excluding hydrogens is 388 g/mol. The van der Waals surface area contributed by atoms with E-state index in [-0.39, 0.29) is 23.4 Å². The van der Waals surface area contributed by atoms with E-state index >= 15 is 0 Å². The fourth-order valence-corrected chi connectivity index (χ4v) is 2.23. The van der Waals surface area contributed by atoms with Gasteiger partial charge in [-0.2, -0.15) is 0 Å². The van der Waals surface area contributed by atoms with E-state index in [1.54, 1.807) is 0 Å². The van der Waals surface area contributed by atoms with Gasteiger partial charge in [-0.1, -0.05) is 12.1 Å². The van der Waals surface area contributed by atoms with Crippen molar-refractivity contribution in [3.8, 4) is 5.75 Å². The average molecular weight is 402 g/mol. The van der Waals surface area contributed by atoms with Crippen molar-refractivity contribution in [1.82, 2.24) is 5.32 Å². The number of aliphatic carboxylic acids is 2. The van der Waals surface area contributed by atoms with Gasteiger partial charge < -0.3 is 20.3 Å². The zero-order chi connectivity index (χ0) is 21.6. The Hall–Kier alpha value is -4.28. The summed E-state index contributed by atoms with van der Waals surface area (Å²) in [6.07, 6.45) is -0.190. The first-order chi connectivity index (χ1) is 13.7. The molecule has 150 valence electrons. The molecule has 0 bridgehead atoms. The zero-order valence-corrected chi connectivity index (χ0v) is 14.6. The fourth-order valence-electron chi connectivity index (χ4n) is 2.23. The number of carboxylic acids is 2. The van der Waals surface area contributed by atoms with Crippen LogP contribution in [0.4, 0.5) is 5.69 Å². The topological polar surface area (TPSA) is 173 Å². The maximum atomic E-state index is 12.1. The Bertz CT molecular complexity index is 952. The van der Waals surface area contributed by atoms with Gasteiger partial charge in [-0.3, -0.25) is 14.9 Å². The first kappa shape index (κ1) is 21.0. The molecule has 0 heterocycles. The zero-order valence-electron chi connectivity index (χ0n) is 14.6. The molecule has 0 saturated heterocycles. The summed E-state index contributed by atoms with van der Waals surface area (Å²) in [6, 6.07) is 9.03. The molecule has 11 nitrogen and oxygen atoms in total. The average Bonchev–Trinajstić information content (AvgIpc) is 2.68. The second kappa shape index (κ2) is 9.08. The number of nitrogens with one attached hydrogen (secondary N) is 1. The monoisotopic (exact) mass is 402 g/mol. The van der Waals surface area contributed by atoms with Crippen LogP contribution in [-0.4, -0.2) is 45.0 Å². The predicted octanol–water partition coefficient (Wildman–Crippen LogP) is 1.01. The summed E-state index contributed by atoms with van der Waals surface area (Å²) in [6.45, 7) is 0. The van der Waals surface area contributed by atoms with Crippen LogP contribution in [0.15, 0.2) is 48.5 Å². The van der Waals surface area contributed by atoms with Crippen LogP contribution in [0.2, 0.25) is 0 Å². The van der Waals surface area contributed by atoms with Gasteiger partial charge in [0, 0.05) is 18.6 Å². The van der Waals surface area contributed by atoms with E-state index < -0.39 is 34.8 Å². The molecular formula is C18H14N2O9. The van der Waals surface area contributed by atoms with E-state index in [1.807, 2.05) is 5.32 Å². The first-order valence-corrected chi connectivity index (χ1v) is 7.99. The Morgan fingerprint density at radius 2 is 1.59 bits per heavy atom. The number of amides is 1. The van der Waals surface area contributed by atoms with Gasteiger partial charge in [0.2, 0.25) is 0 Å². The van der Waals surface area contributed by atoms with Gasteiger partial charge in [-0.25, -0.2) is 14.4 Å². The first-order valence-electron chi connectivity index (χ1n) is 7.99. The number of nitro benzene ring substituents is 1. The van der Waals surface area contributed by atoms with Crippen LogP contribution in [-0.2, 0) is 20.8 Å². The van der Waals surface area contributed by atoms with Gasteiger partial charge in [-0.05, 0) is 29.8 Å². The van der Waals surface area contributed by atoms with Crippen molar-refractivity contribution in [3.05, 3.63) is 69.8 Å². The molecule has 0 radical (unpaired) electrons. The number of carbonyl (C=O) groups is 4. The highest BCUT2D eigenvalue weighted by atomic mass is 16.6. The van der Waals surface area contributed by atoms with Crippen LogP contribution in [0.3, 0.4) is 0 Å². The molecule has 1 amide bonds. The smallest absolute Gasteiger partial charge is 0.394 e. The molecule has 29 heavy (non-hydrogen) atoms. The molecule has 3 N–H and O–H groups in total. The van der Waals surface area contributed by atoms with E-state index in [0.717, 1.165) is 12.1 Å². The summed E-state index contributed by atoms with van der Waals surface area (Å²) in [4.78, 5) is 54.9. The third-order valence-electron chi connectivity index (χ3n) is 3.69. The molecule has 1 atom stereocenters. The Morgan fingerprint density at radius 1 is 1.00 bits per heavy atom. The molecule has 0 spiro atoms. The summed E-state index contributed by atoms with van der Waals surface area (Å²) in [5.41, 5.74) is 0.370. The highest BCUT2D eigenvalue weighted by Crippen LogP contribution is 2.17. The Balaban J connectivity index is 2.02. The highest BCUT2D eigenvalue weighted by Gasteiger charge is 2.23. The van der Waals surface area contributed by atoms with Crippen LogP contribution in [0.1, 0.15) is 15.9 Å². The standard InChI is InChI=1S/C18H14N2O9/c21-15(17(24)25)19-14(16(22)23)9-10-1-7-13(8-2-10)29-18(26)11-3-5-12(6-4-11)20(27)28/h1-8,14H,9H2,(H,19,21)(H,22,23)(H,24,25)/t14-/m1/s1. The molecule has 0 saturated carbocycles. The molecule has 0 aliphatic rings. The van der Waals surface area contributed by atoms with Gasteiger partial charge in [0.15, 0.2) is 0 Å². The number of carbonyl (C=O) groups excluding carboxylic acids is 2. The van der Waals surface area contributed by atoms with Crippen LogP contribution in [0.5, 0.6) is 5.75 Å². The van der Waals surface area contributed by atoms with Crippen molar-refractivity contribution in [1.29, 1.82) is 0 Å². The normalized spacial score (nSPS) is 11.2. The summed E-state index contributed by atoms with van der Waals surface area (Å²) >= 11 is 0. The summed E-state index contributed by atoms with van der Waals surface area (Å²) in [7, 11) is 0. The Morgan fingerprint density at radius 3 is 2.07 bits per heavy atom. The number of hydrogen-bond donors (Lipinski definition) is 3. The van der Waals surface area contributed by atoms with Crippen molar-refractivity contribution in [2.24, 2.45) is 0 Å². The lowest BCUT2D eigenvalue weighted by atomic mass is 10.1. The second-order valence-electron chi connectivity index (χ2n) is 5.71. The number of hydrogen-bond acceptors (Lipinski definition) is 7. The van der Waals surface area contributed by atoms with E-state index in [2.05, 4.69) is 0 Å². The fraction of sp³-hybridized carbons (Fsp3) is 0.111. The highest BCUT2D eigenvalue weighted by molar-refractivity contribution is 6.31. The third kappa shape index (κ3) is 5.85. The molecule has 2 aromatic rings. The molecule has 0 aliphatic heterocycles. The van der Waals surface area contributed by atoms with E-state index in [1.165, 1.54) is 36.4 Å². The lowest BCUT2D eigenvalue weighted by Crippen LogP contribution is -2.45. The minimum Gasteiger partial charge on any atom is -0.480 e. The predicted molar refractivity (Wildman–Crippen MR) is 95.4 cm³/mol. The maximum absolute atomic E-state index is 12.1. The van der Waals surface area contributed by atoms with Crippen molar-refractivity contribution in [2.75, 3.05) is 0 Å². The number of non-ortho nitro benzene ring substituents is 1. The number of ether oxygens (including phenoxy) is 1. The molecule has 11 heteroatoms. The minimum atomic E-state index is -1.80.